The summed E-state index contributed by atoms with van der Waals surface area (Å²) < 4.78 is 0. The molecular weight excluding hydrogens is 452 g/mol. The molecule has 0 aromatic heterocycles. The van der Waals surface area contributed by atoms with Crippen molar-refractivity contribution in [3.63, 3.8) is 0 Å². The van der Waals surface area contributed by atoms with E-state index < -0.39 is 72.6 Å². The summed E-state index contributed by atoms with van der Waals surface area (Å²) >= 11 is 0. The van der Waals surface area contributed by atoms with E-state index in [2.05, 4.69) is 16.0 Å². The first-order valence-electron chi connectivity index (χ1n) is 11.0. The van der Waals surface area contributed by atoms with Crippen LogP contribution in [0.25, 0.3) is 0 Å². The Bertz CT molecular complexity index is 757. The first-order chi connectivity index (χ1) is 15.7. The molecular formula is C21H36N4O9. The largest absolute Gasteiger partial charge is 0.481 e. The summed E-state index contributed by atoms with van der Waals surface area (Å²) in [5.74, 6) is -6.96. The van der Waals surface area contributed by atoms with Crippen molar-refractivity contribution in [3.05, 3.63) is 0 Å². The molecule has 0 spiro atoms. The maximum atomic E-state index is 12.9. The predicted molar refractivity (Wildman–Crippen MR) is 119 cm³/mol. The van der Waals surface area contributed by atoms with Gasteiger partial charge in [-0.25, -0.2) is 4.79 Å². The zero-order valence-electron chi connectivity index (χ0n) is 19.9. The van der Waals surface area contributed by atoms with E-state index in [4.69, 9.17) is 21.1 Å². The molecule has 0 radical (unpaired) electrons. The number of rotatable bonds is 16. The van der Waals surface area contributed by atoms with Crippen LogP contribution < -0.4 is 21.7 Å². The van der Waals surface area contributed by atoms with Crippen LogP contribution in [0, 0.1) is 11.8 Å². The highest BCUT2D eigenvalue weighted by Gasteiger charge is 2.32. The highest BCUT2D eigenvalue weighted by Crippen LogP contribution is 2.10. The zero-order chi connectivity index (χ0) is 26.6. The molecule has 0 aliphatic heterocycles. The van der Waals surface area contributed by atoms with Gasteiger partial charge in [0, 0.05) is 6.42 Å². The lowest BCUT2D eigenvalue weighted by atomic mass is 9.98. The standard InChI is InChI=1S/C21H36N4O9/c1-5-11(4)17(22)20(32)23-12(6-7-15(26)27)18(30)24-13(8-10(2)3)19(31)25-14(21(33)34)9-16(28)29/h10-14,17H,5-9,22H2,1-4H3,(H,23,32)(H,24,30)(H,25,31)(H,26,27)(H,28,29)(H,33,34). The quantitative estimate of drug-likeness (QED) is 0.144. The van der Waals surface area contributed by atoms with E-state index in [1.165, 1.54) is 0 Å². The van der Waals surface area contributed by atoms with Crippen LogP contribution in [-0.2, 0) is 28.8 Å². The number of carboxylic acids is 3. The molecule has 13 nitrogen and oxygen atoms in total. The molecule has 0 heterocycles. The fourth-order valence-corrected chi connectivity index (χ4v) is 2.94. The fourth-order valence-electron chi connectivity index (χ4n) is 2.94. The van der Waals surface area contributed by atoms with E-state index in [0.717, 1.165) is 0 Å². The summed E-state index contributed by atoms with van der Waals surface area (Å²) in [7, 11) is 0. The van der Waals surface area contributed by atoms with E-state index in [1.54, 1.807) is 20.8 Å². The van der Waals surface area contributed by atoms with Gasteiger partial charge in [-0.15, -0.1) is 0 Å². The second-order valence-corrected chi connectivity index (χ2v) is 8.59. The number of hydrogen-bond acceptors (Lipinski definition) is 7. The number of carbonyl (C=O) groups excluding carboxylic acids is 3. The Labute approximate surface area is 197 Å². The van der Waals surface area contributed by atoms with Gasteiger partial charge in [-0.05, 0) is 24.7 Å². The zero-order valence-corrected chi connectivity index (χ0v) is 19.9. The van der Waals surface area contributed by atoms with Crippen LogP contribution in [0.15, 0.2) is 0 Å². The molecule has 8 N–H and O–H groups in total. The molecule has 194 valence electrons. The Morgan fingerprint density at radius 3 is 1.71 bits per heavy atom. The minimum Gasteiger partial charge on any atom is -0.481 e. The van der Waals surface area contributed by atoms with Crippen LogP contribution in [0.2, 0.25) is 0 Å². The third-order valence-corrected chi connectivity index (χ3v) is 5.17. The molecule has 0 aliphatic carbocycles. The molecule has 0 saturated carbocycles. The van der Waals surface area contributed by atoms with Crippen molar-refractivity contribution in [2.24, 2.45) is 17.6 Å². The van der Waals surface area contributed by atoms with Crippen molar-refractivity contribution >= 4 is 35.6 Å². The van der Waals surface area contributed by atoms with E-state index in [0.29, 0.717) is 6.42 Å². The van der Waals surface area contributed by atoms with E-state index >= 15 is 0 Å². The van der Waals surface area contributed by atoms with Gasteiger partial charge in [0.25, 0.3) is 0 Å². The SMILES string of the molecule is CCC(C)C(N)C(=O)NC(CCC(=O)O)C(=O)NC(CC(C)C)C(=O)NC(CC(=O)O)C(=O)O. The number of nitrogens with two attached hydrogens (primary N) is 1. The maximum absolute atomic E-state index is 12.9. The molecule has 5 unspecified atom stereocenters. The molecule has 0 aromatic rings. The lowest BCUT2D eigenvalue weighted by molar-refractivity contribution is -0.147. The van der Waals surface area contributed by atoms with Gasteiger partial charge < -0.3 is 37.0 Å². The molecule has 0 aromatic carbocycles. The molecule has 34 heavy (non-hydrogen) atoms. The van der Waals surface area contributed by atoms with Crippen molar-refractivity contribution < 1.29 is 44.1 Å². The average molecular weight is 489 g/mol. The van der Waals surface area contributed by atoms with E-state index in [-0.39, 0.29) is 24.7 Å². The Kier molecular flexibility index (Phi) is 13.4. The van der Waals surface area contributed by atoms with Crippen LogP contribution in [0.5, 0.6) is 0 Å². The molecule has 0 bridgehead atoms. The summed E-state index contributed by atoms with van der Waals surface area (Å²) in [5.41, 5.74) is 5.89. The Morgan fingerprint density at radius 1 is 0.765 bits per heavy atom. The number of aliphatic carboxylic acids is 3. The third-order valence-electron chi connectivity index (χ3n) is 5.17. The second kappa shape index (κ2) is 14.8. The molecule has 0 fully saturated rings. The van der Waals surface area contributed by atoms with Gasteiger partial charge in [0.2, 0.25) is 17.7 Å². The first kappa shape index (κ1) is 30.8. The summed E-state index contributed by atoms with van der Waals surface area (Å²) in [6.07, 6.45) is -0.917. The average Bonchev–Trinajstić information content (AvgIpc) is 2.73. The lowest BCUT2D eigenvalue weighted by Crippen LogP contribution is -2.58. The van der Waals surface area contributed by atoms with Gasteiger partial charge >= 0.3 is 17.9 Å². The monoisotopic (exact) mass is 488 g/mol. The minimum atomic E-state index is -1.72. The van der Waals surface area contributed by atoms with Gasteiger partial charge in [0.15, 0.2) is 0 Å². The van der Waals surface area contributed by atoms with Gasteiger partial charge in [-0.2, -0.15) is 0 Å². The van der Waals surface area contributed by atoms with Crippen molar-refractivity contribution in [1.29, 1.82) is 0 Å². The lowest BCUT2D eigenvalue weighted by Gasteiger charge is -2.26. The van der Waals surface area contributed by atoms with Crippen LogP contribution in [-0.4, -0.2) is 75.1 Å². The molecule has 0 saturated heterocycles. The summed E-state index contributed by atoms with van der Waals surface area (Å²) in [5, 5.41) is 33.9. The normalized spacial score (nSPS) is 15.4. The summed E-state index contributed by atoms with van der Waals surface area (Å²) in [4.78, 5) is 71.2. The van der Waals surface area contributed by atoms with Gasteiger partial charge in [0.05, 0.1) is 12.5 Å². The number of amides is 3. The smallest absolute Gasteiger partial charge is 0.326 e. The maximum Gasteiger partial charge on any atom is 0.326 e. The van der Waals surface area contributed by atoms with E-state index in [1.807, 2.05) is 6.92 Å². The number of carboxylic acid groups (broad SMARTS) is 3. The van der Waals surface area contributed by atoms with Crippen LogP contribution in [0.4, 0.5) is 0 Å². The number of carbonyl (C=O) groups is 6. The predicted octanol–water partition coefficient (Wildman–Crippen LogP) is -0.716. The van der Waals surface area contributed by atoms with Crippen LogP contribution in [0.3, 0.4) is 0 Å². The Hall–Kier alpha value is -3.22. The summed E-state index contributed by atoms with van der Waals surface area (Å²) in [6.45, 7) is 7.06. The number of hydrogen-bond donors (Lipinski definition) is 7. The third kappa shape index (κ3) is 11.6. The molecule has 0 aliphatic rings. The first-order valence-corrected chi connectivity index (χ1v) is 11.0. The minimum absolute atomic E-state index is 0.0724. The second-order valence-electron chi connectivity index (χ2n) is 8.59. The molecule has 5 atom stereocenters. The molecule has 0 rings (SSSR count). The summed E-state index contributed by atoms with van der Waals surface area (Å²) in [6, 6.07) is -5.22. The van der Waals surface area contributed by atoms with Gasteiger partial charge in [-0.1, -0.05) is 34.1 Å². The van der Waals surface area contributed by atoms with Crippen molar-refractivity contribution in [2.45, 2.75) is 84.0 Å². The van der Waals surface area contributed by atoms with Gasteiger partial charge in [-0.3, -0.25) is 24.0 Å². The topological polar surface area (TPSA) is 225 Å². The fraction of sp³-hybridized carbons (Fsp3) is 0.714. The Morgan fingerprint density at radius 2 is 1.26 bits per heavy atom. The van der Waals surface area contributed by atoms with Gasteiger partial charge in [0.1, 0.15) is 18.1 Å². The highest BCUT2D eigenvalue weighted by molar-refractivity contribution is 5.94. The van der Waals surface area contributed by atoms with Crippen molar-refractivity contribution in [1.82, 2.24) is 16.0 Å². The number of nitrogens with one attached hydrogen (secondary N) is 3. The van der Waals surface area contributed by atoms with Crippen LogP contribution >= 0.6 is 0 Å². The highest BCUT2D eigenvalue weighted by atomic mass is 16.4. The molecule has 3 amide bonds. The van der Waals surface area contributed by atoms with Crippen molar-refractivity contribution in [3.8, 4) is 0 Å². The Balaban J connectivity index is 5.62. The van der Waals surface area contributed by atoms with Crippen LogP contribution in [0.1, 0.15) is 59.8 Å². The van der Waals surface area contributed by atoms with E-state index in [9.17, 15) is 28.8 Å². The molecule has 13 heteroatoms. The van der Waals surface area contributed by atoms with Crippen molar-refractivity contribution in [2.75, 3.05) is 0 Å².